The Morgan fingerprint density at radius 1 is 1.53 bits per heavy atom. The number of nitrogens with one attached hydrogen (secondary N) is 1. The van der Waals surface area contributed by atoms with Gasteiger partial charge in [0.2, 0.25) is 0 Å². The quantitative estimate of drug-likeness (QED) is 0.738. The number of imidazole rings is 1. The molecule has 1 heterocycles. The van der Waals surface area contributed by atoms with Crippen molar-refractivity contribution in [2.75, 3.05) is 13.7 Å². The minimum absolute atomic E-state index is 0.430. The number of nitrogens with zero attached hydrogens (tertiary/aromatic N) is 2. The van der Waals surface area contributed by atoms with Crippen LogP contribution in [-0.2, 0) is 11.3 Å². The molecule has 1 aromatic heterocycles. The molecule has 4 nitrogen and oxygen atoms in total. The zero-order chi connectivity index (χ0) is 11.1. The first-order valence-corrected chi connectivity index (χ1v) is 5.47. The van der Waals surface area contributed by atoms with Gasteiger partial charge in [0, 0.05) is 38.1 Å². The minimum atomic E-state index is 0.430. The fraction of sp³-hybridized carbons (Fsp3) is 0.727. The van der Waals surface area contributed by atoms with Crippen molar-refractivity contribution < 1.29 is 4.74 Å². The third-order valence-corrected chi connectivity index (χ3v) is 2.42. The molecule has 86 valence electrons. The average molecular weight is 211 g/mol. The van der Waals surface area contributed by atoms with E-state index in [2.05, 4.69) is 28.7 Å². The van der Waals surface area contributed by atoms with E-state index in [0.717, 1.165) is 19.6 Å². The van der Waals surface area contributed by atoms with Crippen LogP contribution in [0.15, 0.2) is 18.7 Å². The van der Waals surface area contributed by atoms with Gasteiger partial charge in [-0.25, -0.2) is 4.98 Å². The molecule has 0 amide bonds. The molecule has 0 radical (unpaired) electrons. The molecule has 0 saturated heterocycles. The summed E-state index contributed by atoms with van der Waals surface area (Å²) >= 11 is 0. The van der Waals surface area contributed by atoms with Crippen molar-refractivity contribution in [3.05, 3.63) is 18.7 Å². The number of rotatable bonds is 7. The normalized spacial score (nSPS) is 15.1. The molecule has 0 aliphatic rings. The summed E-state index contributed by atoms with van der Waals surface area (Å²) in [6.45, 7) is 6.06. The summed E-state index contributed by atoms with van der Waals surface area (Å²) in [5, 5.41) is 3.53. The molecule has 0 spiro atoms. The molecule has 2 unspecified atom stereocenters. The van der Waals surface area contributed by atoms with Crippen LogP contribution in [0.3, 0.4) is 0 Å². The molecule has 4 heteroatoms. The second kappa shape index (κ2) is 6.58. The summed E-state index contributed by atoms with van der Waals surface area (Å²) in [4.78, 5) is 4.02. The van der Waals surface area contributed by atoms with Crippen LogP contribution in [0.4, 0.5) is 0 Å². The van der Waals surface area contributed by atoms with Crippen molar-refractivity contribution in [3.8, 4) is 0 Å². The van der Waals surface area contributed by atoms with Crippen molar-refractivity contribution in [2.45, 2.75) is 38.9 Å². The molecular formula is C11H21N3O. The molecule has 0 aliphatic heterocycles. The van der Waals surface area contributed by atoms with Crippen LogP contribution in [-0.4, -0.2) is 35.4 Å². The fourth-order valence-electron chi connectivity index (χ4n) is 1.65. The highest BCUT2D eigenvalue weighted by molar-refractivity contribution is 4.78. The minimum Gasteiger partial charge on any atom is -0.383 e. The predicted molar refractivity (Wildman–Crippen MR) is 60.8 cm³/mol. The van der Waals surface area contributed by atoms with Gasteiger partial charge in [-0.2, -0.15) is 0 Å². The van der Waals surface area contributed by atoms with E-state index in [1.54, 1.807) is 13.3 Å². The van der Waals surface area contributed by atoms with Gasteiger partial charge in [0.15, 0.2) is 0 Å². The smallest absolute Gasteiger partial charge is 0.0946 e. The first-order chi connectivity index (χ1) is 7.26. The van der Waals surface area contributed by atoms with Crippen molar-refractivity contribution in [2.24, 2.45) is 0 Å². The van der Waals surface area contributed by atoms with Gasteiger partial charge in [-0.3, -0.25) is 0 Å². The number of aromatic nitrogens is 2. The maximum Gasteiger partial charge on any atom is 0.0946 e. The number of hydrogen-bond acceptors (Lipinski definition) is 3. The van der Waals surface area contributed by atoms with Gasteiger partial charge < -0.3 is 14.6 Å². The van der Waals surface area contributed by atoms with E-state index in [9.17, 15) is 0 Å². The van der Waals surface area contributed by atoms with Gasteiger partial charge in [-0.15, -0.1) is 0 Å². The number of methoxy groups -OCH3 is 1. The molecule has 1 rings (SSSR count). The molecule has 15 heavy (non-hydrogen) atoms. The van der Waals surface area contributed by atoms with Crippen molar-refractivity contribution in [1.82, 2.24) is 14.9 Å². The van der Waals surface area contributed by atoms with E-state index in [1.165, 1.54) is 0 Å². The first kappa shape index (κ1) is 12.2. The number of ether oxygens (including phenoxy) is 1. The van der Waals surface area contributed by atoms with Crippen molar-refractivity contribution >= 4 is 0 Å². The van der Waals surface area contributed by atoms with E-state index in [-0.39, 0.29) is 0 Å². The van der Waals surface area contributed by atoms with Crippen LogP contribution in [0.5, 0.6) is 0 Å². The molecule has 0 fully saturated rings. The average Bonchev–Trinajstić information content (AvgIpc) is 2.69. The summed E-state index contributed by atoms with van der Waals surface area (Å²) in [6.07, 6.45) is 6.71. The zero-order valence-corrected chi connectivity index (χ0v) is 9.81. The molecule has 1 aromatic rings. The van der Waals surface area contributed by atoms with Crippen LogP contribution < -0.4 is 5.32 Å². The van der Waals surface area contributed by atoms with Gasteiger partial charge in [-0.05, 0) is 13.3 Å². The Kier molecular flexibility index (Phi) is 5.36. The lowest BCUT2D eigenvalue weighted by molar-refractivity contribution is 0.158. The van der Waals surface area contributed by atoms with Gasteiger partial charge in [-0.1, -0.05) is 6.92 Å². The zero-order valence-electron chi connectivity index (χ0n) is 9.81. The summed E-state index contributed by atoms with van der Waals surface area (Å²) in [6, 6.07) is 0.868. The van der Waals surface area contributed by atoms with Crippen LogP contribution >= 0.6 is 0 Å². The highest BCUT2D eigenvalue weighted by atomic mass is 16.5. The molecule has 0 saturated carbocycles. The Morgan fingerprint density at radius 2 is 2.33 bits per heavy atom. The lowest BCUT2D eigenvalue weighted by Crippen LogP contribution is -2.41. The maximum absolute atomic E-state index is 5.15. The van der Waals surface area contributed by atoms with E-state index in [1.807, 2.05) is 12.5 Å². The van der Waals surface area contributed by atoms with Crippen LogP contribution in [0.25, 0.3) is 0 Å². The lowest BCUT2D eigenvalue weighted by atomic mass is 10.2. The van der Waals surface area contributed by atoms with Gasteiger partial charge in [0.25, 0.3) is 0 Å². The van der Waals surface area contributed by atoms with E-state index in [4.69, 9.17) is 4.74 Å². The highest BCUT2D eigenvalue weighted by Crippen LogP contribution is 1.97. The second-order valence-electron chi connectivity index (χ2n) is 3.89. The molecule has 2 atom stereocenters. The summed E-state index contributed by atoms with van der Waals surface area (Å²) in [5.41, 5.74) is 0. The van der Waals surface area contributed by atoms with Crippen molar-refractivity contribution in [1.29, 1.82) is 0 Å². The van der Waals surface area contributed by atoms with Crippen LogP contribution in [0.2, 0.25) is 0 Å². The summed E-state index contributed by atoms with van der Waals surface area (Å²) in [5.74, 6) is 0. The SMILES string of the molecule is CCC(COC)NC(C)Cn1ccnc1. The Bertz CT molecular complexity index is 248. The van der Waals surface area contributed by atoms with E-state index < -0.39 is 0 Å². The largest absolute Gasteiger partial charge is 0.383 e. The molecule has 0 bridgehead atoms. The van der Waals surface area contributed by atoms with Crippen molar-refractivity contribution in [3.63, 3.8) is 0 Å². The Balaban J connectivity index is 2.30. The highest BCUT2D eigenvalue weighted by Gasteiger charge is 2.09. The summed E-state index contributed by atoms with van der Waals surface area (Å²) in [7, 11) is 1.74. The molecule has 1 N–H and O–H groups in total. The molecule has 0 aliphatic carbocycles. The summed E-state index contributed by atoms with van der Waals surface area (Å²) < 4.78 is 7.23. The van der Waals surface area contributed by atoms with E-state index >= 15 is 0 Å². The maximum atomic E-state index is 5.15. The third-order valence-electron chi connectivity index (χ3n) is 2.42. The second-order valence-corrected chi connectivity index (χ2v) is 3.89. The first-order valence-electron chi connectivity index (χ1n) is 5.47. The Morgan fingerprint density at radius 3 is 2.87 bits per heavy atom. The predicted octanol–water partition coefficient (Wildman–Crippen LogP) is 1.29. The topological polar surface area (TPSA) is 39.1 Å². The third kappa shape index (κ3) is 4.44. The molecular weight excluding hydrogens is 190 g/mol. The van der Waals surface area contributed by atoms with Gasteiger partial charge >= 0.3 is 0 Å². The van der Waals surface area contributed by atoms with Crippen LogP contribution in [0.1, 0.15) is 20.3 Å². The fourth-order valence-corrected chi connectivity index (χ4v) is 1.65. The monoisotopic (exact) mass is 211 g/mol. The Hall–Kier alpha value is -0.870. The lowest BCUT2D eigenvalue weighted by Gasteiger charge is -2.21. The molecule has 0 aromatic carbocycles. The van der Waals surface area contributed by atoms with Gasteiger partial charge in [0.05, 0.1) is 12.9 Å². The standard InChI is InChI=1S/C11H21N3O/c1-4-11(8-15-3)13-10(2)7-14-6-5-12-9-14/h5-6,9-11,13H,4,7-8H2,1-3H3. The van der Waals surface area contributed by atoms with Crippen LogP contribution in [0, 0.1) is 0 Å². The van der Waals surface area contributed by atoms with E-state index in [0.29, 0.717) is 12.1 Å². The Labute approximate surface area is 91.7 Å². The number of hydrogen-bond donors (Lipinski definition) is 1. The van der Waals surface area contributed by atoms with Gasteiger partial charge in [0.1, 0.15) is 0 Å².